The number of carbonyl (C=O) groups is 2. The lowest BCUT2D eigenvalue weighted by atomic mass is 9.95. The Morgan fingerprint density at radius 1 is 1.21 bits per heavy atom. The number of amides is 2. The maximum absolute atomic E-state index is 12.5. The summed E-state index contributed by atoms with van der Waals surface area (Å²) in [4.78, 5) is 24.3. The van der Waals surface area contributed by atoms with E-state index in [1.807, 2.05) is 12.1 Å². The van der Waals surface area contributed by atoms with Crippen LogP contribution in [0.3, 0.4) is 0 Å². The summed E-state index contributed by atoms with van der Waals surface area (Å²) in [7, 11) is 1.59. The Labute approximate surface area is 142 Å². The number of allylic oxidation sites excluding steroid dienone is 1. The van der Waals surface area contributed by atoms with Crippen LogP contribution in [-0.4, -0.2) is 25.7 Å². The average molecular weight is 332 g/mol. The van der Waals surface area contributed by atoms with Crippen LogP contribution in [0.1, 0.15) is 44.7 Å². The van der Waals surface area contributed by atoms with Gasteiger partial charge in [-0.1, -0.05) is 31.9 Å². The summed E-state index contributed by atoms with van der Waals surface area (Å²) < 4.78 is 10.5. The molecule has 1 aromatic rings. The predicted octanol–water partition coefficient (Wildman–Crippen LogP) is 3.06. The molecule has 130 valence electrons. The molecular formula is C18H24N2O4. The third kappa shape index (κ3) is 4.28. The molecule has 1 aromatic carbocycles. The van der Waals surface area contributed by atoms with Gasteiger partial charge in [0.25, 0.3) is 0 Å². The normalized spacial score (nSPS) is 17.1. The Morgan fingerprint density at radius 2 is 1.92 bits per heavy atom. The molecule has 1 aliphatic rings. The van der Waals surface area contributed by atoms with Gasteiger partial charge in [-0.05, 0) is 31.0 Å². The van der Waals surface area contributed by atoms with Crippen molar-refractivity contribution in [3.8, 4) is 5.75 Å². The van der Waals surface area contributed by atoms with E-state index in [-0.39, 0.29) is 6.03 Å². The van der Waals surface area contributed by atoms with Gasteiger partial charge in [0, 0.05) is 5.70 Å². The molecule has 0 aromatic heterocycles. The second-order valence-corrected chi connectivity index (χ2v) is 5.69. The fraction of sp³-hybridized carbons (Fsp3) is 0.444. The SMILES string of the molecule is CCCCCOC(=O)C1=C(C)NC(=O)N[C@@H]1c1ccc(OC)cc1. The predicted molar refractivity (Wildman–Crippen MR) is 90.6 cm³/mol. The summed E-state index contributed by atoms with van der Waals surface area (Å²) >= 11 is 0. The molecule has 0 saturated heterocycles. The lowest BCUT2D eigenvalue weighted by Gasteiger charge is -2.28. The third-order valence-corrected chi connectivity index (χ3v) is 3.92. The Bertz CT molecular complexity index is 622. The number of benzene rings is 1. The molecule has 0 fully saturated rings. The quantitative estimate of drug-likeness (QED) is 0.594. The zero-order valence-corrected chi connectivity index (χ0v) is 14.3. The Hall–Kier alpha value is -2.50. The van der Waals surface area contributed by atoms with Gasteiger partial charge in [-0.25, -0.2) is 9.59 Å². The van der Waals surface area contributed by atoms with Crippen LogP contribution in [-0.2, 0) is 9.53 Å². The first-order valence-corrected chi connectivity index (χ1v) is 8.16. The summed E-state index contributed by atoms with van der Waals surface area (Å²) in [5.74, 6) is 0.306. The molecule has 0 unspecified atom stereocenters. The van der Waals surface area contributed by atoms with E-state index in [0.29, 0.717) is 23.6 Å². The number of carbonyl (C=O) groups excluding carboxylic acids is 2. The van der Waals surface area contributed by atoms with Gasteiger partial charge in [0.2, 0.25) is 0 Å². The molecule has 2 N–H and O–H groups in total. The number of rotatable bonds is 7. The lowest BCUT2D eigenvalue weighted by molar-refractivity contribution is -0.139. The Balaban J connectivity index is 2.21. The van der Waals surface area contributed by atoms with Crippen molar-refractivity contribution >= 4 is 12.0 Å². The molecule has 0 bridgehead atoms. The van der Waals surface area contributed by atoms with Crippen LogP contribution in [0.5, 0.6) is 5.75 Å². The van der Waals surface area contributed by atoms with Crippen LogP contribution < -0.4 is 15.4 Å². The van der Waals surface area contributed by atoms with E-state index >= 15 is 0 Å². The van der Waals surface area contributed by atoms with Crippen LogP contribution in [0, 0.1) is 0 Å². The Morgan fingerprint density at radius 3 is 2.54 bits per heavy atom. The second-order valence-electron chi connectivity index (χ2n) is 5.69. The van der Waals surface area contributed by atoms with Crippen LogP contribution in [0.2, 0.25) is 0 Å². The highest BCUT2D eigenvalue weighted by atomic mass is 16.5. The number of methoxy groups -OCH3 is 1. The minimum atomic E-state index is -0.539. The first-order chi connectivity index (χ1) is 11.6. The molecule has 2 rings (SSSR count). The first-order valence-electron chi connectivity index (χ1n) is 8.16. The molecule has 0 saturated carbocycles. The van der Waals surface area contributed by atoms with Gasteiger partial charge in [-0.3, -0.25) is 0 Å². The number of nitrogens with one attached hydrogen (secondary N) is 2. The van der Waals surface area contributed by atoms with Crippen LogP contribution in [0.4, 0.5) is 4.79 Å². The molecule has 24 heavy (non-hydrogen) atoms. The molecule has 2 amide bonds. The summed E-state index contributed by atoms with van der Waals surface area (Å²) in [5.41, 5.74) is 1.74. The molecule has 0 spiro atoms. The highest BCUT2D eigenvalue weighted by molar-refractivity contribution is 5.95. The van der Waals surface area contributed by atoms with Gasteiger partial charge in [0.15, 0.2) is 0 Å². The third-order valence-electron chi connectivity index (χ3n) is 3.92. The minimum absolute atomic E-state index is 0.337. The molecule has 6 heteroatoms. The highest BCUT2D eigenvalue weighted by Crippen LogP contribution is 2.28. The van der Waals surface area contributed by atoms with Crippen LogP contribution >= 0.6 is 0 Å². The van der Waals surface area contributed by atoms with Gasteiger partial charge in [-0.2, -0.15) is 0 Å². The van der Waals surface area contributed by atoms with Crippen molar-refractivity contribution in [3.05, 3.63) is 41.1 Å². The van der Waals surface area contributed by atoms with Gasteiger partial charge < -0.3 is 20.1 Å². The van der Waals surface area contributed by atoms with E-state index in [1.165, 1.54) is 0 Å². The summed E-state index contributed by atoms with van der Waals surface area (Å²) in [5, 5.41) is 5.42. The average Bonchev–Trinajstić information content (AvgIpc) is 2.58. The van der Waals surface area contributed by atoms with Crippen molar-refractivity contribution in [1.82, 2.24) is 10.6 Å². The van der Waals surface area contributed by atoms with Crippen molar-refractivity contribution < 1.29 is 19.1 Å². The minimum Gasteiger partial charge on any atom is -0.497 e. The van der Waals surface area contributed by atoms with E-state index in [1.54, 1.807) is 26.2 Å². The lowest BCUT2D eigenvalue weighted by Crippen LogP contribution is -2.45. The van der Waals surface area contributed by atoms with Gasteiger partial charge in [0.05, 0.1) is 25.3 Å². The number of hydrogen-bond donors (Lipinski definition) is 2. The fourth-order valence-corrected chi connectivity index (χ4v) is 2.61. The zero-order valence-electron chi connectivity index (χ0n) is 14.3. The first kappa shape index (κ1) is 17.8. The topological polar surface area (TPSA) is 76.7 Å². The van der Waals surface area contributed by atoms with Crippen molar-refractivity contribution in [1.29, 1.82) is 0 Å². The number of unbranched alkanes of at least 4 members (excludes halogenated alkanes) is 2. The number of hydrogen-bond acceptors (Lipinski definition) is 4. The highest BCUT2D eigenvalue weighted by Gasteiger charge is 2.32. The standard InChI is InChI=1S/C18H24N2O4/c1-4-5-6-11-24-17(21)15-12(2)19-18(22)20-16(15)13-7-9-14(23-3)10-8-13/h7-10,16H,4-6,11H2,1-3H3,(H2,19,20,22)/t16-/m1/s1. The van der Waals surface area contributed by atoms with Crippen LogP contribution in [0.25, 0.3) is 0 Å². The van der Waals surface area contributed by atoms with Crippen molar-refractivity contribution in [3.63, 3.8) is 0 Å². The molecule has 1 heterocycles. The molecule has 0 radical (unpaired) electrons. The van der Waals surface area contributed by atoms with Crippen molar-refractivity contribution in [2.24, 2.45) is 0 Å². The summed E-state index contributed by atoms with van der Waals surface area (Å²) in [6, 6.07) is 6.37. The summed E-state index contributed by atoms with van der Waals surface area (Å²) in [6.45, 7) is 4.18. The fourth-order valence-electron chi connectivity index (χ4n) is 2.61. The number of esters is 1. The van der Waals surface area contributed by atoms with E-state index in [2.05, 4.69) is 17.6 Å². The van der Waals surface area contributed by atoms with Crippen molar-refractivity contribution in [2.45, 2.75) is 39.2 Å². The Kier molecular flexibility index (Phi) is 6.23. The molecule has 0 aliphatic carbocycles. The van der Waals surface area contributed by atoms with Crippen molar-refractivity contribution in [2.75, 3.05) is 13.7 Å². The number of ether oxygens (including phenoxy) is 2. The van der Waals surface area contributed by atoms with Gasteiger partial charge >= 0.3 is 12.0 Å². The van der Waals surface area contributed by atoms with E-state index < -0.39 is 12.0 Å². The smallest absolute Gasteiger partial charge is 0.338 e. The van der Waals surface area contributed by atoms with Gasteiger partial charge in [-0.15, -0.1) is 0 Å². The summed E-state index contributed by atoms with van der Waals surface area (Å²) in [6.07, 6.45) is 2.91. The maximum atomic E-state index is 12.5. The van der Waals surface area contributed by atoms with Crippen LogP contribution in [0.15, 0.2) is 35.5 Å². The molecule has 1 atom stereocenters. The van der Waals surface area contributed by atoms with E-state index in [9.17, 15) is 9.59 Å². The second kappa shape index (κ2) is 8.38. The van der Waals surface area contributed by atoms with E-state index in [0.717, 1.165) is 24.8 Å². The molecule has 1 aliphatic heterocycles. The number of urea groups is 1. The van der Waals surface area contributed by atoms with Gasteiger partial charge in [0.1, 0.15) is 5.75 Å². The largest absolute Gasteiger partial charge is 0.497 e. The zero-order chi connectivity index (χ0) is 17.5. The molecule has 6 nitrogen and oxygen atoms in total. The maximum Gasteiger partial charge on any atom is 0.338 e. The monoisotopic (exact) mass is 332 g/mol. The molecular weight excluding hydrogens is 308 g/mol. The van der Waals surface area contributed by atoms with E-state index in [4.69, 9.17) is 9.47 Å².